The number of hydrogen-bond acceptors (Lipinski definition) is 5. The highest BCUT2D eigenvalue weighted by molar-refractivity contribution is 5.67. The minimum atomic E-state index is 0.454. The predicted molar refractivity (Wildman–Crippen MR) is 111 cm³/mol. The molecule has 3 heterocycles. The van der Waals surface area contributed by atoms with E-state index in [1.165, 1.54) is 18.5 Å². The van der Waals surface area contributed by atoms with Gasteiger partial charge in [0.2, 0.25) is 0 Å². The van der Waals surface area contributed by atoms with Crippen molar-refractivity contribution >= 4 is 5.82 Å². The summed E-state index contributed by atoms with van der Waals surface area (Å²) in [4.78, 5) is 6.63. The standard InChI is InChI=1S/C22H27N5O/c23-21-14-17(9-10-24-21)20-15-25-26-22(20)18-6-4-11-27(16-18)12-5-13-28-19-7-2-1-3-8-19/h1-3,7-10,14-15,18H,4-6,11-13,16H2,(H2,23,24)(H,25,26). The van der Waals surface area contributed by atoms with E-state index < -0.39 is 0 Å². The summed E-state index contributed by atoms with van der Waals surface area (Å²) in [7, 11) is 0. The van der Waals surface area contributed by atoms with Crippen molar-refractivity contribution < 1.29 is 4.74 Å². The highest BCUT2D eigenvalue weighted by Crippen LogP contribution is 2.33. The van der Waals surface area contributed by atoms with Crippen LogP contribution < -0.4 is 10.5 Å². The quantitative estimate of drug-likeness (QED) is 0.614. The molecule has 2 aromatic heterocycles. The molecule has 0 radical (unpaired) electrons. The summed E-state index contributed by atoms with van der Waals surface area (Å²) in [6.07, 6.45) is 7.05. The monoisotopic (exact) mass is 377 g/mol. The first kappa shape index (κ1) is 18.5. The Morgan fingerprint density at radius 1 is 1.21 bits per heavy atom. The molecule has 146 valence electrons. The first-order valence-electron chi connectivity index (χ1n) is 9.95. The first-order chi connectivity index (χ1) is 13.8. The molecule has 0 spiro atoms. The molecule has 1 aromatic carbocycles. The maximum absolute atomic E-state index is 5.86. The molecule has 0 saturated carbocycles. The van der Waals surface area contributed by atoms with Crippen molar-refractivity contribution in [3.8, 4) is 16.9 Å². The molecular weight excluding hydrogens is 350 g/mol. The van der Waals surface area contributed by atoms with Crippen molar-refractivity contribution in [2.24, 2.45) is 0 Å². The molecule has 0 aliphatic carbocycles. The lowest BCUT2D eigenvalue weighted by molar-refractivity contribution is 0.188. The Morgan fingerprint density at radius 3 is 2.96 bits per heavy atom. The third kappa shape index (κ3) is 4.51. The van der Waals surface area contributed by atoms with Gasteiger partial charge >= 0.3 is 0 Å². The fourth-order valence-corrected chi connectivity index (χ4v) is 3.94. The number of benzene rings is 1. The van der Waals surface area contributed by atoms with E-state index in [4.69, 9.17) is 10.5 Å². The van der Waals surface area contributed by atoms with Crippen LogP contribution in [-0.4, -0.2) is 46.3 Å². The predicted octanol–water partition coefficient (Wildman–Crippen LogP) is 3.70. The molecule has 1 unspecified atom stereocenters. The third-order valence-electron chi connectivity index (χ3n) is 5.31. The van der Waals surface area contributed by atoms with Crippen molar-refractivity contribution in [2.45, 2.75) is 25.2 Å². The Hall–Kier alpha value is -2.86. The van der Waals surface area contributed by atoms with E-state index >= 15 is 0 Å². The molecule has 28 heavy (non-hydrogen) atoms. The fourth-order valence-electron chi connectivity index (χ4n) is 3.94. The zero-order chi connectivity index (χ0) is 19.2. The van der Waals surface area contributed by atoms with Gasteiger partial charge in [0, 0.05) is 36.5 Å². The minimum Gasteiger partial charge on any atom is -0.494 e. The van der Waals surface area contributed by atoms with Gasteiger partial charge in [-0.3, -0.25) is 5.10 Å². The number of nitrogen functional groups attached to an aromatic ring is 1. The number of piperidine rings is 1. The van der Waals surface area contributed by atoms with E-state index in [1.807, 2.05) is 48.7 Å². The smallest absolute Gasteiger partial charge is 0.123 e. The molecule has 3 N–H and O–H groups in total. The van der Waals surface area contributed by atoms with Crippen LogP contribution in [-0.2, 0) is 0 Å². The summed E-state index contributed by atoms with van der Waals surface area (Å²) < 4.78 is 5.82. The van der Waals surface area contributed by atoms with Gasteiger partial charge in [-0.1, -0.05) is 18.2 Å². The molecule has 3 aromatic rings. The number of nitrogens with two attached hydrogens (primary N) is 1. The lowest BCUT2D eigenvalue weighted by Crippen LogP contribution is -2.35. The van der Waals surface area contributed by atoms with Crippen LogP contribution in [0.5, 0.6) is 5.75 Å². The van der Waals surface area contributed by atoms with Gasteiger partial charge in [0.1, 0.15) is 11.6 Å². The van der Waals surface area contributed by atoms with E-state index in [2.05, 4.69) is 20.1 Å². The Kier molecular flexibility index (Phi) is 5.87. The summed E-state index contributed by atoms with van der Waals surface area (Å²) in [5, 5.41) is 7.55. The van der Waals surface area contributed by atoms with Crippen molar-refractivity contribution in [1.82, 2.24) is 20.1 Å². The highest BCUT2D eigenvalue weighted by atomic mass is 16.5. The Morgan fingerprint density at radius 2 is 2.11 bits per heavy atom. The topological polar surface area (TPSA) is 80.1 Å². The Balaban J connectivity index is 1.34. The average Bonchev–Trinajstić information content (AvgIpc) is 3.22. The summed E-state index contributed by atoms with van der Waals surface area (Å²) in [5.74, 6) is 1.93. The van der Waals surface area contributed by atoms with Crippen LogP contribution in [0.1, 0.15) is 30.9 Å². The van der Waals surface area contributed by atoms with Crippen LogP contribution >= 0.6 is 0 Å². The van der Waals surface area contributed by atoms with Gasteiger partial charge in [0.15, 0.2) is 0 Å². The number of H-pyrrole nitrogens is 1. The maximum Gasteiger partial charge on any atom is 0.123 e. The molecule has 1 atom stereocenters. The summed E-state index contributed by atoms with van der Waals surface area (Å²) in [6.45, 7) is 3.99. The SMILES string of the molecule is Nc1cc(-c2cn[nH]c2C2CCCN(CCCOc3ccccc3)C2)ccn1. The van der Waals surface area contributed by atoms with Gasteiger partial charge < -0.3 is 15.4 Å². The second kappa shape index (κ2) is 8.89. The van der Waals surface area contributed by atoms with Gasteiger partial charge in [-0.25, -0.2) is 4.98 Å². The Labute approximate surface area is 165 Å². The molecule has 1 saturated heterocycles. The van der Waals surface area contributed by atoms with Gasteiger partial charge in [-0.05, 0) is 55.6 Å². The van der Waals surface area contributed by atoms with Gasteiger partial charge in [-0.15, -0.1) is 0 Å². The number of likely N-dealkylation sites (tertiary alicyclic amines) is 1. The number of hydrogen-bond donors (Lipinski definition) is 2. The second-order valence-electron chi connectivity index (χ2n) is 7.32. The van der Waals surface area contributed by atoms with Crippen LogP contribution in [0.2, 0.25) is 0 Å². The van der Waals surface area contributed by atoms with E-state index in [9.17, 15) is 0 Å². The highest BCUT2D eigenvalue weighted by Gasteiger charge is 2.25. The lowest BCUT2D eigenvalue weighted by Gasteiger charge is -2.32. The lowest BCUT2D eigenvalue weighted by atomic mass is 9.90. The number of para-hydroxylation sites is 1. The summed E-state index contributed by atoms with van der Waals surface area (Å²) in [6, 6.07) is 13.9. The van der Waals surface area contributed by atoms with Crippen LogP contribution in [0.15, 0.2) is 54.9 Å². The number of aromatic nitrogens is 3. The zero-order valence-corrected chi connectivity index (χ0v) is 16.1. The fraction of sp³-hybridized carbons (Fsp3) is 0.364. The van der Waals surface area contributed by atoms with Gasteiger partial charge in [-0.2, -0.15) is 5.10 Å². The number of nitrogens with zero attached hydrogens (tertiary/aromatic N) is 3. The molecule has 1 fully saturated rings. The van der Waals surface area contributed by atoms with Crippen molar-refractivity contribution in [2.75, 3.05) is 32.0 Å². The van der Waals surface area contributed by atoms with Gasteiger partial charge in [0.25, 0.3) is 0 Å². The first-order valence-corrected chi connectivity index (χ1v) is 9.95. The van der Waals surface area contributed by atoms with Gasteiger partial charge in [0.05, 0.1) is 12.8 Å². The van der Waals surface area contributed by atoms with Crippen molar-refractivity contribution in [3.63, 3.8) is 0 Å². The molecule has 0 amide bonds. The number of anilines is 1. The minimum absolute atomic E-state index is 0.454. The number of aromatic amines is 1. The second-order valence-corrected chi connectivity index (χ2v) is 7.32. The van der Waals surface area contributed by atoms with Crippen LogP contribution in [0, 0.1) is 0 Å². The number of ether oxygens (including phenoxy) is 1. The largest absolute Gasteiger partial charge is 0.494 e. The van der Waals surface area contributed by atoms with Crippen molar-refractivity contribution in [1.29, 1.82) is 0 Å². The molecule has 6 heteroatoms. The van der Waals surface area contributed by atoms with Crippen LogP contribution in [0.4, 0.5) is 5.82 Å². The zero-order valence-electron chi connectivity index (χ0n) is 16.1. The number of rotatable bonds is 7. The molecule has 6 nitrogen and oxygen atoms in total. The van der Waals surface area contributed by atoms with Crippen LogP contribution in [0.3, 0.4) is 0 Å². The Bertz CT molecular complexity index is 879. The van der Waals surface area contributed by atoms with Crippen molar-refractivity contribution in [3.05, 3.63) is 60.6 Å². The maximum atomic E-state index is 5.86. The summed E-state index contributed by atoms with van der Waals surface area (Å²) >= 11 is 0. The molecule has 4 rings (SSSR count). The molecule has 1 aliphatic rings. The molecule has 1 aliphatic heterocycles. The normalized spacial score (nSPS) is 17.5. The number of pyridine rings is 1. The molecular formula is C22H27N5O. The third-order valence-corrected chi connectivity index (χ3v) is 5.31. The van der Waals surface area contributed by atoms with Crippen LogP contribution in [0.25, 0.3) is 11.1 Å². The summed E-state index contributed by atoms with van der Waals surface area (Å²) in [5.41, 5.74) is 9.27. The van der Waals surface area contributed by atoms with E-state index in [0.717, 1.165) is 49.5 Å². The van der Waals surface area contributed by atoms with E-state index in [-0.39, 0.29) is 0 Å². The average molecular weight is 377 g/mol. The number of nitrogens with one attached hydrogen (secondary N) is 1. The van der Waals surface area contributed by atoms with E-state index in [0.29, 0.717) is 11.7 Å². The molecule has 0 bridgehead atoms. The van der Waals surface area contributed by atoms with E-state index in [1.54, 1.807) is 6.20 Å².